The Hall–Kier alpha value is -1.43. The van der Waals surface area contributed by atoms with Crippen LogP contribution in [-0.2, 0) is 16.0 Å². The summed E-state index contributed by atoms with van der Waals surface area (Å²) in [6.45, 7) is 4.58. The number of aryl methyl sites for hydroxylation is 2. The molecular weight excluding hydrogens is 294 g/mol. The van der Waals surface area contributed by atoms with Gasteiger partial charge in [-0.1, -0.05) is 24.4 Å². The highest BCUT2D eigenvalue weighted by Crippen LogP contribution is 2.53. The predicted octanol–water partition coefficient (Wildman–Crippen LogP) is 2.55. The first-order chi connectivity index (χ1) is 11.1. The number of carbonyl (C=O) groups excluding carboxylic acids is 1. The first-order valence-corrected chi connectivity index (χ1v) is 8.84. The maximum Gasteiger partial charge on any atom is 0.227 e. The number of ether oxygens (including phenoxy) is 1. The van der Waals surface area contributed by atoms with E-state index in [4.69, 9.17) is 9.26 Å². The Kier molecular flexibility index (Phi) is 4.99. The van der Waals surface area contributed by atoms with Crippen molar-refractivity contribution in [1.29, 1.82) is 0 Å². The molecule has 2 aliphatic rings. The van der Waals surface area contributed by atoms with Gasteiger partial charge in [-0.2, -0.15) is 4.98 Å². The molecule has 3 rings (SSSR count). The summed E-state index contributed by atoms with van der Waals surface area (Å²) in [7, 11) is 0. The van der Waals surface area contributed by atoms with Crippen LogP contribution in [0.15, 0.2) is 4.52 Å². The van der Waals surface area contributed by atoms with Crippen molar-refractivity contribution >= 4 is 5.91 Å². The fraction of sp³-hybridized carbons (Fsp3) is 0.824. The van der Waals surface area contributed by atoms with Gasteiger partial charge in [0.1, 0.15) is 0 Å². The summed E-state index contributed by atoms with van der Waals surface area (Å²) in [6.07, 6.45) is 8.30. The Morgan fingerprint density at radius 1 is 1.39 bits per heavy atom. The molecule has 0 saturated heterocycles. The van der Waals surface area contributed by atoms with E-state index in [1.54, 1.807) is 6.92 Å². The molecule has 0 radical (unpaired) electrons. The number of rotatable bonds is 6. The van der Waals surface area contributed by atoms with E-state index >= 15 is 0 Å². The Bertz CT molecular complexity index is 537. The van der Waals surface area contributed by atoms with E-state index in [0.29, 0.717) is 30.7 Å². The molecule has 0 aromatic carbocycles. The van der Waals surface area contributed by atoms with Gasteiger partial charge in [0.15, 0.2) is 5.82 Å². The van der Waals surface area contributed by atoms with Gasteiger partial charge in [-0.15, -0.1) is 0 Å². The van der Waals surface area contributed by atoms with Gasteiger partial charge in [0.2, 0.25) is 11.8 Å². The predicted molar refractivity (Wildman–Crippen MR) is 84.8 cm³/mol. The Morgan fingerprint density at radius 3 is 2.83 bits per heavy atom. The van der Waals surface area contributed by atoms with E-state index in [2.05, 4.69) is 22.4 Å². The van der Waals surface area contributed by atoms with Crippen molar-refractivity contribution < 1.29 is 14.1 Å². The quantitative estimate of drug-likeness (QED) is 0.871. The molecule has 2 aliphatic carbocycles. The molecule has 1 aromatic rings. The van der Waals surface area contributed by atoms with Crippen molar-refractivity contribution in [1.82, 2.24) is 15.5 Å². The van der Waals surface area contributed by atoms with Gasteiger partial charge in [0, 0.05) is 30.9 Å². The van der Waals surface area contributed by atoms with Crippen LogP contribution in [0, 0.1) is 12.3 Å². The standard InChI is InChI=1S/C17H27N3O3/c1-3-22-14-11-13(17(14)9-5-4-6-10-17)19-15(21)7-8-16-18-12(2)20-23-16/h13-14H,3-11H2,1-2H3,(H,19,21)/t13-,14+/m0/s1. The second-order valence-corrected chi connectivity index (χ2v) is 6.83. The average Bonchev–Trinajstić information content (AvgIpc) is 2.98. The zero-order valence-corrected chi connectivity index (χ0v) is 14.1. The first kappa shape index (κ1) is 16.4. The largest absolute Gasteiger partial charge is 0.378 e. The first-order valence-electron chi connectivity index (χ1n) is 8.84. The molecule has 23 heavy (non-hydrogen) atoms. The molecule has 6 nitrogen and oxygen atoms in total. The number of carbonyl (C=O) groups is 1. The van der Waals surface area contributed by atoms with Crippen LogP contribution in [0.2, 0.25) is 0 Å². The second kappa shape index (κ2) is 6.99. The highest BCUT2D eigenvalue weighted by Gasteiger charge is 2.55. The number of hydrogen-bond donors (Lipinski definition) is 1. The molecule has 1 aromatic heterocycles. The van der Waals surface area contributed by atoms with Crippen LogP contribution in [0.1, 0.15) is 63.6 Å². The molecule has 128 valence electrons. The van der Waals surface area contributed by atoms with Crippen molar-refractivity contribution in [2.45, 2.75) is 77.4 Å². The maximum atomic E-state index is 12.3. The van der Waals surface area contributed by atoms with Crippen LogP contribution in [0.4, 0.5) is 0 Å². The third-order valence-electron chi connectivity index (χ3n) is 5.41. The molecule has 0 bridgehead atoms. The minimum absolute atomic E-state index is 0.0748. The third-order valence-corrected chi connectivity index (χ3v) is 5.41. The number of amides is 1. The lowest BCUT2D eigenvalue weighted by Crippen LogP contribution is -2.65. The molecule has 2 fully saturated rings. The lowest BCUT2D eigenvalue weighted by atomic mass is 9.55. The summed E-state index contributed by atoms with van der Waals surface area (Å²) >= 11 is 0. The van der Waals surface area contributed by atoms with E-state index in [1.165, 1.54) is 32.1 Å². The summed E-state index contributed by atoms with van der Waals surface area (Å²) in [6, 6.07) is 0.260. The van der Waals surface area contributed by atoms with E-state index in [-0.39, 0.29) is 17.4 Å². The normalized spacial score (nSPS) is 26.0. The molecule has 0 unspecified atom stereocenters. The SMILES string of the molecule is CCO[C@@H]1C[C@H](NC(=O)CCc2nc(C)no2)C12CCCCC2. The monoisotopic (exact) mass is 321 g/mol. The van der Waals surface area contributed by atoms with Crippen molar-refractivity contribution in [2.75, 3.05) is 6.61 Å². The summed E-state index contributed by atoms with van der Waals surface area (Å²) < 4.78 is 11.0. The van der Waals surface area contributed by atoms with Gasteiger partial charge in [-0.25, -0.2) is 0 Å². The molecule has 1 spiro atoms. The van der Waals surface area contributed by atoms with E-state index in [0.717, 1.165) is 13.0 Å². The molecule has 1 N–H and O–H groups in total. The van der Waals surface area contributed by atoms with Crippen molar-refractivity contribution in [3.63, 3.8) is 0 Å². The topological polar surface area (TPSA) is 77.2 Å². The third kappa shape index (κ3) is 3.42. The van der Waals surface area contributed by atoms with Crippen molar-refractivity contribution in [2.24, 2.45) is 5.41 Å². The van der Waals surface area contributed by atoms with Crippen molar-refractivity contribution in [3.05, 3.63) is 11.7 Å². The Morgan fingerprint density at radius 2 is 2.17 bits per heavy atom. The smallest absolute Gasteiger partial charge is 0.227 e. The number of aromatic nitrogens is 2. The lowest BCUT2D eigenvalue weighted by molar-refractivity contribution is -0.157. The van der Waals surface area contributed by atoms with Crippen LogP contribution in [0.3, 0.4) is 0 Å². The molecule has 2 atom stereocenters. The minimum Gasteiger partial charge on any atom is -0.378 e. The fourth-order valence-electron chi connectivity index (χ4n) is 4.19. The zero-order chi connectivity index (χ0) is 16.3. The summed E-state index contributed by atoms with van der Waals surface area (Å²) in [4.78, 5) is 16.4. The number of hydrogen-bond acceptors (Lipinski definition) is 5. The maximum absolute atomic E-state index is 12.3. The minimum atomic E-state index is 0.0748. The van der Waals surface area contributed by atoms with E-state index < -0.39 is 0 Å². The Labute approximate surface area is 137 Å². The van der Waals surface area contributed by atoms with Crippen LogP contribution in [0.5, 0.6) is 0 Å². The number of nitrogens with one attached hydrogen (secondary N) is 1. The van der Waals surface area contributed by atoms with Crippen LogP contribution < -0.4 is 5.32 Å². The molecule has 1 heterocycles. The highest BCUT2D eigenvalue weighted by molar-refractivity contribution is 5.76. The van der Waals surface area contributed by atoms with Crippen molar-refractivity contribution in [3.8, 4) is 0 Å². The van der Waals surface area contributed by atoms with Gasteiger partial charge in [0.05, 0.1) is 6.10 Å². The molecule has 6 heteroatoms. The molecule has 2 saturated carbocycles. The van der Waals surface area contributed by atoms with Crippen LogP contribution in [0.25, 0.3) is 0 Å². The van der Waals surface area contributed by atoms with Gasteiger partial charge >= 0.3 is 0 Å². The van der Waals surface area contributed by atoms with Crippen LogP contribution >= 0.6 is 0 Å². The fourth-order valence-corrected chi connectivity index (χ4v) is 4.19. The van der Waals surface area contributed by atoms with E-state index in [1.807, 2.05) is 0 Å². The van der Waals surface area contributed by atoms with Crippen LogP contribution in [-0.4, -0.2) is 34.8 Å². The molecular formula is C17H27N3O3. The lowest BCUT2D eigenvalue weighted by Gasteiger charge is -2.57. The average molecular weight is 321 g/mol. The second-order valence-electron chi connectivity index (χ2n) is 6.83. The zero-order valence-electron chi connectivity index (χ0n) is 14.1. The van der Waals surface area contributed by atoms with Gasteiger partial charge in [-0.3, -0.25) is 4.79 Å². The Balaban J connectivity index is 1.53. The van der Waals surface area contributed by atoms with E-state index in [9.17, 15) is 4.79 Å². The summed E-state index contributed by atoms with van der Waals surface area (Å²) in [5, 5.41) is 6.98. The molecule has 0 aliphatic heterocycles. The highest BCUT2D eigenvalue weighted by atomic mass is 16.5. The van der Waals surface area contributed by atoms with Gasteiger partial charge < -0.3 is 14.6 Å². The molecule has 1 amide bonds. The number of nitrogens with zero attached hydrogens (tertiary/aromatic N) is 2. The summed E-state index contributed by atoms with van der Waals surface area (Å²) in [5.74, 6) is 1.22. The van der Waals surface area contributed by atoms with Gasteiger partial charge in [0.25, 0.3) is 0 Å². The summed E-state index contributed by atoms with van der Waals surface area (Å²) in [5.41, 5.74) is 0.172. The van der Waals surface area contributed by atoms with Gasteiger partial charge in [-0.05, 0) is 33.1 Å².